The lowest BCUT2D eigenvalue weighted by Gasteiger charge is -2.47. The van der Waals surface area contributed by atoms with Crippen LogP contribution in [0.15, 0.2) is 0 Å². The van der Waals surface area contributed by atoms with Crippen LogP contribution in [-0.4, -0.2) is 73.1 Å². The van der Waals surface area contributed by atoms with Crippen LogP contribution in [-0.2, 0) is 0 Å². The summed E-state index contributed by atoms with van der Waals surface area (Å²) in [6, 6.07) is 1.78. The molecule has 4 fully saturated rings. The molecule has 1 aliphatic carbocycles. The molecule has 4 aliphatic rings. The molecular formula is C17H31N3. The quantitative estimate of drug-likeness (QED) is 0.761. The van der Waals surface area contributed by atoms with Crippen LogP contribution < -0.4 is 0 Å². The van der Waals surface area contributed by atoms with Gasteiger partial charge in [0, 0.05) is 51.4 Å². The first-order valence-electron chi connectivity index (χ1n) is 8.85. The fourth-order valence-electron chi connectivity index (χ4n) is 5.45. The summed E-state index contributed by atoms with van der Waals surface area (Å²) in [5.74, 6) is 3.09. The summed E-state index contributed by atoms with van der Waals surface area (Å²) in [6.45, 7) is 10.6. The summed E-state index contributed by atoms with van der Waals surface area (Å²) in [4.78, 5) is 8.07. The first kappa shape index (κ1) is 13.5. The molecule has 3 aliphatic heterocycles. The third kappa shape index (κ3) is 2.42. The average Bonchev–Trinajstić information content (AvgIpc) is 2.92. The van der Waals surface area contributed by atoms with Gasteiger partial charge >= 0.3 is 0 Å². The smallest absolute Gasteiger partial charge is 0.0350 e. The molecule has 3 saturated heterocycles. The Balaban J connectivity index is 1.26. The molecule has 0 radical (unpaired) electrons. The highest BCUT2D eigenvalue weighted by atomic mass is 15.3. The third-order valence-electron chi connectivity index (χ3n) is 6.59. The molecule has 1 saturated carbocycles. The van der Waals surface area contributed by atoms with Gasteiger partial charge < -0.3 is 4.90 Å². The van der Waals surface area contributed by atoms with Gasteiger partial charge in [0.25, 0.3) is 0 Å². The molecule has 114 valence electrons. The summed E-state index contributed by atoms with van der Waals surface area (Å²) in [5, 5.41) is 0. The molecule has 0 N–H and O–H groups in total. The average molecular weight is 277 g/mol. The predicted molar refractivity (Wildman–Crippen MR) is 82.8 cm³/mol. The number of fused-ring (bicyclic) bond motifs is 1. The summed E-state index contributed by atoms with van der Waals surface area (Å²) in [7, 11) is 2.24. The van der Waals surface area contributed by atoms with Crippen molar-refractivity contribution in [2.75, 3.05) is 46.3 Å². The molecule has 2 unspecified atom stereocenters. The van der Waals surface area contributed by atoms with Crippen molar-refractivity contribution in [3.63, 3.8) is 0 Å². The van der Waals surface area contributed by atoms with Crippen LogP contribution in [0.3, 0.4) is 0 Å². The van der Waals surface area contributed by atoms with E-state index >= 15 is 0 Å². The minimum absolute atomic E-state index is 0.875. The van der Waals surface area contributed by atoms with E-state index in [1.807, 2.05) is 0 Å². The number of nitrogens with zero attached hydrogens (tertiary/aromatic N) is 3. The minimum atomic E-state index is 0.875. The molecule has 4 rings (SSSR count). The van der Waals surface area contributed by atoms with Crippen molar-refractivity contribution in [3.05, 3.63) is 0 Å². The molecule has 0 aromatic rings. The Labute approximate surface area is 124 Å². The van der Waals surface area contributed by atoms with Crippen molar-refractivity contribution in [2.45, 2.75) is 44.7 Å². The lowest BCUT2D eigenvalue weighted by atomic mass is 9.98. The van der Waals surface area contributed by atoms with Crippen LogP contribution in [0.5, 0.6) is 0 Å². The topological polar surface area (TPSA) is 9.72 Å². The SMILES string of the molecule is CC1CC2CN(C3CCN(C4CN(C)C4)CC3)CC2C1. The van der Waals surface area contributed by atoms with E-state index < -0.39 is 0 Å². The zero-order chi connectivity index (χ0) is 13.7. The Morgan fingerprint density at radius 1 is 0.750 bits per heavy atom. The normalized spacial score (nSPS) is 42.0. The second-order valence-corrected chi connectivity index (χ2v) is 8.19. The van der Waals surface area contributed by atoms with E-state index in [1.165, 1.54) is 65.0 Å². The predicted octanol–water partition coefficient (Wildman–Crippen LogP) is 1.74. The maximum atomic E-state index is 2.87. The van der Waals surface area contributed by atoms with Gasteiger partial charge in [0.2, 0.25) is 0 Å². The maximum Gasteiger partial charge on any atom is 0.0350 e. The van der Waals surface area contributed by atoms with Crippen LogP contribution in [0.25, 0.3) is 0 Å². The van der Waals surface area contributed by atoms with Gasteiger partial charge in [0.05, 0.1) is 0 Å². The Morgan fingerprint density at radius 3 is 1.90 bits per heavy atom. The Morgan fingerprint density at radius 2 is 1.35 bits per heavy atom. The Kier molecular flexibility index (Phi) is 3.56. The van der Waals surface area contributed by atoms with Crippen LogP contribution in [0, 0.1) is 17.8 Å². The summed E-state index contributed by atoms with van der Waals surface area (Å²) in [6.07, 6.45) is 5.87. The molecule has 3 nitrogen and oxygen atoms in total. The fourth-order valence-corrected chi connectivity index (χ4v) is 5.45. The molecule has 0 spiro atoms. The summed E-state index contributed by atoms with van der Waals surface area (Å²) < 4.78 is 0. The zero-order valence-corrected chi connectivity index (χ0v) is 13.3. The number of hydrogen-bond donors (Lipinski definition) is 0. The number of likely N-dealkylation sites (N-methyl/N-ethyl adjacent to an activating group) is 1. The standard InChI is InChI=1S/C17H31N3/c1-13-7-14-9-20(10-15(14)8-13)16-3-5-19(6-4-16)17-11-18(2)12-17/h13-17H,3-12H2,1-2H3. The molecule has 2 atom stereocenters. The van der Waals surface area contributed by atoms with Crippen molar-refractivity contribution in [1.29, 1.82) is 0 Å². The summed E-state index contributed by atoms with van der Waals surface area (Å²) in [5.41, 5.74) is 0. The summed E-state index contributed by atoms with van der Waals surface area (Å²) >= 11 is 0. The van der Waals surface area contributed by atoms with Gasteiger partial charge in [-0.1, -0.05) is 6.92 Å². The largest absolute Gasteiger partial charge is 0.303 e. The van der Waals surface area contributed by atoms with E-state index in [2.05, 4.69) is 28.7 Å². The van der Waals surface area contributed by atoms with E-state index in [0.29, 0.717) is 0 Å². The van der Waals surface area contributed by atoms with Crippen molar-refractivity contribution in [1.82, 2.24) is 14.7 Å². The fraction of sp³-hybridized carbons (Fsp3) is 1.00. The Bertz CT molecular complexity index is 330. The number of likely N-dealkylation sites (tertiary alicyclic amines) is 3. The van der Waals surface area contributed by atoms with Gasteiger partial charge in [-0.3, -0.25) is 9.80 Å². The molecule has 3 heterocycles. The second-order valence-electron chi connectivity index (χ2n) is 8.19. The monoisotopic (exact) mass is 277 g/mol. The molecule has 20 heavy (non-hydrogen) atoms. The van der Waals surface area contributed by atoms with E-state index in [0.717, 1.165) is 29.8 Å². The van der Waals surface area contributed by atoms with Crippen LogP contribution in [0.4, 0.5) is 0 Å². The van der Waals surface area contributed by atoms with Crippen LogP contribution in [0.1, 0.15) is 32.6 Å². The van der Waals surface area contributed by atoms with E-state index in [-0.39, 0.29) is 0 Å². The van der Waals surface area contributed by atoms with E-state index in [4.69, 9.17) is 0 Å². The van der Waals surface area contributed by atoms with Crippen LogP contribution >= 0.6 is 0 Å². The first-order valence-corrected chi connectivity index (χ1v) is 8.85. The third-order valence-corrected chi connectivity index (χ3v) is 6.59. The van der Waals surface area contributed by atoms with E-state index in [9.17, 15) is 0 Å². The van der Waals surface area contributed by atoms with Gasteiger partial charge in [0.15, 0.2) is 0 Å². The van der Waals surface area contributed by atoms with Crippen molar-refractivity contribution in [3.8, 4) is 0 Å². The molecule has 3 heteroatoms. The minimum Gasteiger partial charge on any atom is -0.303 e. The number of rotatable bonds is 2. The lowest BCUT2D eigenvalue weighted by molar-refractivity contribution is 0.0193. The zero-order valence-electron chi connectivity index (χ0n) is 13.3. The number of hydrogen-bond acceptors (Lipinski definition) is 3. The highest BCUT2D eigenvalue weighted by Crippen LogP contribution is 2.42. The van der Waals surface area contributed by atoms with E-state index in [1.54, 1.807) is 0 Å². The number of piperidine rings is 1. The first-order chi connectivity index (χ1) is 9.69. The van der Waals surface area contributed by atoms with Gasteiger partial charge in [-0.05, 0) is 50.5 Å². The lowest BCUT2D eigenvalue weighted by Crippen LogP contribution is -2.60. The van der Waals surface area contributed by atoms with Gasteiger partial charge in [-0.2, -0.15) is 0 Å². The molecular weight excluding hydrogens is 246 g/mol. The van der Waals surface area contributed by atoms with Gasteiger partial charge in [-0.15, -0.1) is 0 Å². The van der Waals surface area contributed by atoms with Crippen molar-refractivity contribution in [2.24, 2.45) is 17.8 Å². The Hall–Kier alpha value is -0.120. The van der Waals surface area contributed by atoms with Gasteiger partial charge in [-0.25, -0.2) is 0 Å². The molecule has 0 aromatic carbocycles. The molecule has 0 bridgehead atoms. The highest BCUT2D eigenvalue weighted by Gasteiger charge is 2.42. The van der Waals surface area contributed by atoms with Crippen LogP contribution in [0.2, 0.25) is 0 Å². The van der Waals surface area contributed by atoms with Crippen molar-refractivity contribution < 1.29 is 0 Å². The second kappa shape index (κ2) is 5.26. The molecule has 0 amide bonds. The van der Waals surface area contributed by atoms with Gasteiger partial charge in [0.1, 0.15) is 0 Å². The van der Waals surface area contributed by atoms with Crippen molar-refractivity contribution >= 4 is 0 Å². The molecule has 0 aromatic heterocycles. The maximum absolute atomic E-state index is 2.87. The highest BCUT2D eigenvalue weighted by molar-refractivity contribution is 4.96.